The summed E-state index contributed by atoms with van der Waals surface area (Å²) in [4.78, 5) is 54.4. The number of likely N-dealkylation sites (tertiary alicyclic amines) is 1. The highest BCUT2D eigenvalue weighted by atomic mass is 19.4. The maximum atomic E-state index is 13.2. The number of aromatic nitrogens is 5. The highest BCUT2D eigenvalue weighted by molar-refractivity contribution is 6.00. The van der Waals surface area contributed by atoms with Gasteiger partial charge in [0.2, 0.25) is 17.8 Å². The summed E-state index contributed by atoms with van der Waals surface area (Å²) in [5, 5.41) is 16.1. The molecular formula is C47H59F3N10O4. The van der Waals surface area contributed by atoms with E-state index >= 15 is 0 Å². The first-order valence-electron chi connectivity index (χ1n) is 23.0. The number of nitrogens with zero attached hydrogens (tertiary/aromatic N) is 8. The van der Waals surface area contributed by atoms with Gasteiger partial charge in [0, 0.05) is 94.7 Å². The molecule has 4 aliphatic rings. The number of aliphatic hydroxyl groups excluding tert-OH is 1. The molecule has 1 aliphatic carbocycles. The van der Waals surface area contributed by atoms with Crippen LogP contribution in [-0.2, 0) is 29.6 Å². The SMILES string of the molecule is Cn1c(=O)n(C2CCC(=O)NC2=O)c2ccc(CCCN3CCCC(N4CCN(Cc5ccc(-c6cn([C@H]7CC[C@H](O)CC7)c7nc(NCCC(F)(F)F)ncc67)cc5)CC4)C3)cc21. The zero-order valence-electron chi connectivity index (χ0n) is 36.5. The fourth-order valence-corrected chi connectivity index (χ4v) is 10.4. The number of aliphatic hydroxyl groups is 1. The molecule has 2 aromatic carbocycles. The van der Waals surface area contributed by atoms with Gasteiger partial charge in [0.15, 0.2) is 0 Å². The lowest BCUT2D eigenvalue weighted by Gasteiger charge is -2.43. The predicted octanol–water partition coefficient (Wildman–Crippen LogP) is 5.78. The molecule has 64 heavy (non-hydrogen) atoms. The van der Waals surface area contributed by atoms with Crippen LogP contribution in [0.3, 0.4) is 0 Å². The Hall–Kier alpha value is -5.10. The molecule has 3 saturated heterocycles. The maximum absolute atomic E-state index is 13.2. The molecule has 2 unspecified atom stereocenters. The van der Waals surface area contributed by atoms with Crippen LogP contribution in [0.25, 0.3) is 33.2 Å². The van der Waals surface area contributed by atoms with Crippen LogP contribution in [0.15, 0.2) is 59.7 Å². The Morgan fingerprint density at radius 2 is 1.64 bits per heavy atom. The Labute approximate surface area is 370 Å². The van der Waals surface area contributed by atoms with E-state index in [4.69, 9.17) is 4.98 Å². The van der Waals surface area contributed by atoms with Crippen molar-refractivity contribution in [1.29, 1.82) is 0 Å². The zero-order valence-corrected chi connectivity index (χ0v) is 36.5. The molecular weight excluding hydrogens is 826 g/mol. The second-order valence-corrected chi connectivity index (χ2v) is 18.3. The minimum absolute atomic E-state index is 0.134. The standard InChI is InChI=1S/C47H59F3N10O4/c1-55-41-26-31(8-15-39(41)60(46(55)64)40-16-17-42(62)53-44(40)63)4-2-20-56-21-3-5-35(29-56)58-24-22-57(23-25-58)28-32-6-9-33(10-7-32)38-30-59(34-11-13-36(61)14-12-34)43-37(38)27-52-45(54-43)51-19-18-47(48,49)50/h6-10,15,26-27,30,34-36,40,61H,2-5,11-14,16-25,28-29H2,1H3,(H,51,52,54)(H,53,62,63)/t34-,35?,36-,40?. The van der Waals surface area contributed by atoms with Crippen molar-refractivity contribution in [3.05, 3.63) is 76.5 Å². The Kier molecular flexibility index (Phi) is 12.9. The number of halogens is 3. The first-order valence-corrected chi connectivity index (χ1v) is 23.0. The largest absolute Gasteiger partial charge is 0.393 e. The second kappa shape index (κ2) is 18.8. The fourth-order valence-electron chi connectivity index (χ4n) is 10.4. The van der Waals surface area contributed by atoms with Crippen molar-refractivity contribution in [2.75, 3.05) is 57.7 Å². The van der Waals surface area contributed by atoms with E-state index in [9.17, 15) is 32.7 Å². The van der Waals surface area contributed by atoms with Gasteiger partial charge in [-0.1, -0.05) is 30.3 Å². The lowest BCUT2D eigenvalue weighted by atomic mass is 9.93. The number of rotatable bonds is 13. The monoisotopic (exact) mass is 884 g/mol. The van der Waals surface area contributed by atoms with Crippen LogP contribution >= 0.6 is 0 Å². The highest BCUT2D eigenvalue weighted by Crippen LogP contribution is 2.37. The van der Waals surface area contributed by atoms with E-state index in [-0.39, 0.29) is 42.7 Å². The van der Waals surface area contributed by atoms with Crippen LogP contribution in [0.2, 0.25) is 0 Å². The van der Waals surface area contributed by atoms with Crippen LogP contribution in [0.4, 0.5) is 19.1 Å². The Balaban J connectivity index is 0.769. The summed E-state index contributed by atoms with van der Waals surface area (Å²) in [5.41, 5.74) is 6.38. The van der Waals surface area contributed by atoms with E-state index in [1.165, 1.54) is 23.0 Å². The van der Waals surface area contributed by atoms with Gasteiger partial charge in [-0.2, -0.15) is 18.2 Å². The maximum Gasteiger partial charge on any atom is 0.390 e. The third-order valence-electron chi connectivity index (χ3n) is 14.0. The molecule has 2 amide bonds. The van der Waals surface area contributed by atoms with Gasteiger partial charge in [0.1, 0.15) is 11.7 Å². The Bertz CT molecular complexity index is 2520. The second-order valence-electron chi connectivity index (χ2n) is 18.3. The summed E-state index contributed by atoms with van der Waals surface area (Å²) in [7, 11) is 1.74. The van der Waals surface area contributed by atoms with E-state index in [0.29, 0.717) is 36.5 Å². The van der Waals surface area contributed by atoms with Crippen LogP contribution in [0.1, 0.15) is 87.4 Å². The number of imide groups is 1. The number of hydrogen-bond acceptors (Lipinski definition) is 10. The molecule has 4 fully saturated rings. The number of benzene rings is 2. The molecule has 17 heteroatoms. The summed E-state index contributed by atoms with van der Waals surface area (Å²) >= 11 is 0. The summed E-state index contributed by atoms with van der Waals surface area (Å²) in [6.07, 6.45) is 6.12. The molecule has 3 aromatic heterocycles. The number of fused-ring (bicyclic) bond motifs is 2. The molecule has 14 nitrogen and oxygen atoms in total. The Morgan fingerprint density at radius 1 is 0.875 bits per heavy atom. The molecule has 0 radical (unpaired) electrons. The zero-order chi connectivity index (χ0) is 44.5. The van der Waals surface area contributed by atoms with Crippen LogP contribution < -0.4 is 16.3 Å². The molecule has 5 aromatic rings. The summed E-state index contributed by atoms with van der Waals surface area (Å²) in [5.74, 6) is -0.543. The van der Waals surface area contributed by atoms with Crippen LogP contribution in [0.5, 0.6) is 0 Å². The number of hydrogen-bond donors (Lipinski definition) is 3. The van der Waals surface area contributed by atoms with Gasteiger partial charge in [-0.15, -0.1) is 0 Å². The molecule has 9 rings (SSSR count). The average Bonchev–Trinajstić information content (AvgIpc) is 3.77. The topological polar surface area (TPSA) is 146 Å². The Morgan fingerprint density at radius 3 is 2.39 bits per heavy atom. The number of anilines is 1. The molecule has 1 saturated carbocycles. The van der Waals surface area contributed by atoms with E-state index in [1.54, 1.807) is 17.8 Å². The fraction of sp³-hybridized carbons (Fsp3) is 0.553. The van der Waals surface area contributed by atoms with Gasteiger partial charge in [0.25, 0.3) is 0 Å². The number of piperazine rings is 1. The molecule has 0 spiro atoms. The number of carbonyl (C=O) groups is 2. The third kappa shape index (κ3) is 9.77. The quantitative estimate of drug-likeness (QED) is 0.125. The number of nitrogens with one attached hydrogen (secondary N) is 2. The average molecular weight is 885 g/mol. The lowest BCUT2D eigenvalue weighted by molar-refractivity contribution is -0.136. The number of piperidine rings is 2. The van der Waals surface area contributed by atoms with E-state index in [0.717, 1.165) is 106 Å². The van der Waals surface area contributed by atoms with Crippen molar-refractivity contribution < 1.29 is 27.9 Å². The molecule has 3 aliphatic heterocycles. The molecule has 342 valence electrons. The number of amides is 2. The van der Waals surface area contributed by atoms with Crippen molar-refractivity contribution in [2.45, 2.75) is 108 Å². The van der Waals surface area contributed by atoms with Crippen LogP contribution in [-0.4, -0.2) is 126 Å². The number of alkyl halides is 3. The summed E-state index contributed by atoms with van der Waals surface area (Å²) in [6, 6.07) is 14.7. The van der Waals surface area contributed by atoms with Crippen molar-refractivity contribution in [1.82, 2.24) is 43.7 Å². The van der Waals surface area contributed by atoms with Gasteiger partial charge in [0.05, 0.1) is 23.6 Å². The molecule has 6 heterocycles. The van der Waals surface area contributed by atoms with E-state index < -0.39 is 24.5 Å². The van der Waals surface area contributed by atoms with Crippen LogP contribution in [0, 0.1) is 0 Å². The normalized spacial score (nSPS) is 23.3. The minimum atomic E-state index is -4.26. The van der Waals surface area contributed by atoms with Crippen molar-refractivity contribution in [3.8, 4) is 11.1 Å². The van der Waals surface area contributed by atoms with Crippen molar-refractivity contribution >= 4 is 39.8 Å². The van der Waals surface area contributed by atoms with Crippen molar-refractivity contribution in [2.24, 2.45) is 7.05 Å². The highest BCUT2D eigenvalue weighted by Gasteiger charge is 2.32. The first-order chi connectivity index (χ1) is 30.9. The molecule has 3 N–H and O–H groups in total. The number of carbonyl (C=O) groups excluding carboxylic acids is 2. The van der Waals surface area contributed by atoms with E-state index in [2.05, 4.69) is 77.5 Å². The smallest absolute Gasteiger partial charge is 0.390 e. The van der Waals surface area contributed by atoms with Gasteiger partial charge in [-0.3, -0.25) is 33.8 Å². The number of imidazole rings is 1. The minimum Gasteiger partial charge on any atom is -0.393 e. The predicted molar refractivity (Wildman–Crippen MR) is 239 cm³/mol. The summed E-state index contributed by atoms with van der Waals surface area (Å²) < 4.78 is 43.7. The van der Waals surface area contributed by atoms with Gasteiger partial charge in [-0.05, 0) is 99.7 Å². The van der Waals surface area contributed by atoms with Gasteiger partial charge in [-0.25, -0.2) is 9.78 Å². The van der Waals surface area contributed by atoms with Gasteiger partial charge >= 0.3 is 11.9 Å². The summed E-state index contributed by atoms with van der Waals surface area (Å²) in [6.45, 7) is 7.87. The first kappa shape index (κ1) is 44.1. The van der Waals surface area contributed by atoms with Crippen molar-refractivity contribution in [3.63, 3.8) is 0 Å². The third-order valence-corrected chi connectivity index (χ3v) is 14.0. The molecule has 2 atom stereocenters. The lowest BCUT2D eigenvalue weighted by Crippen LogP contribution is -2.54. The molecule has 0 bridgehead atoms. The van der Waals surface area contributed by atoms with Gasteiger partial charge < -0.3 is 19.9 Å². The van der Waals surface area contributed by atoms with E-state index in [1.807, 2.05) is 6.07 Å². The number of aryl methyl sites for hydroxylation is 2.